The Morgan fingerprint density at radius 3 is 2.70 bits per heavy atom. The van der Waals surface area contributed by atoms with E-state index in [1.165, 1.54) is 0 Å². The number of nitrogens with one attached hydrogen (secondary N) is 1. The van der Waals surface area contributed by atoms with Crippen LogP contribution in [-0.2, 0) is 22.4 Å². The molecule has 0 radical (unpaired) electrons. The summed E-state index contributed by atoms with van der Waals surface area (Å²) in [6.45, 7) is 6.82. The SMILES string of the molecule is CC(C)(C)N1C[C@@H](C(=O)NCCc2nc(Cc3ccccc3)no2)CC1=O. The number of carbonyl (C=O) groups is 2. The van der Waals surface area contributed by atoms with E-state index in [2.05, 4.69) is 15.5 Å². The number of hydrogen-bond acceptors (Lipinski definition) is 5. The van der Waals surface area contributed by atoms with E-state index in [-0.39, 0.29) is 29.7 Å². The quantitative estimate of drug-likeness (QED) is 0.840. The van der Waals surface area contributed by atoms with Gasteiger partial charge in [0.05, 0.1) is 5.92 Å². The third-order valence-electron chi connectivity index (χ3n) is 4.66. The van der Waals surface area contributed by atoms with Gasteiger partial charge in [0.25, 0.3) is 0 Å². The van der Waals surface area contributed by atoms with Crippen LogP contribution in [0.5, 0.6) is 0 Å². The van der Waals surface area contributed by atoms with Gasteiger partial charge in [0.1, 0.15) is 0 Å². The highest BCUT2D eigenvalue weighted by molar-refractivity contribution is 5.89. The van der Waals surface area contributed by atoms with Gasteiger partial charge >= 0.3 is 0 Å². The molecule has 0 aliphatic carbocycles. The second-order valence-corrected chi connectivity index (χ2v) is 7.88. The van der Waals surface area contributed by atoms with Crippen LogP contribution in [0.3, 0.4) is 0 Å². The van der Waals surface area contributed by atoms with Gasteiger partial charge in [-0.2, -0.15) is 4.98 Å². The van der Waals surface area contributed by atoms with Crippen LogP contribution in [-0.4, -0.2) is 45.5 Å². The minimum atomic E-state index is -0.298. The highest BCUT2D eigenvalue weighted by Gasteiger charge is 2.39. The van der Waals surface area contributed by atoms with E-state index in [0.29, 0.717) is 37.6 Å². The fourth-order valence-corrected chi connectivity index (χ4v) is 3.21. The molecule has 2 amide bonds. The van der Waals surface area contributed by atoms with Crippen molar-refractivity contribution in [3.05, 3.63) is 47.6 Å². The summed E-state index contributed by atoms with van der Waals surface area (Å²) in [5.41, 5.74) is 0.859. The van der Waals surface area contributed by atoms with E-state index in [9.17, 15) is 9.59 Å². The van der Waals surface area contributed by atoms with Crippen LogP contribution in [0, 0.1) is 5.92 Å². The van der Waals surface area contributed by atoms with Gasteiger partial charge in [-0.15, -0.1) is 0 Å². The molecule has 1 atom stereocenters. The Hall–Kier alpha value is -2.70. The molecule has 0 unspecified atom stereocenters. The molecule has 1 aromatic heterocycles. The van der Waals surface area contributed by atoms with Gasteiger partial charge in [0, 0.05) is 37.9 Å². The van der Waals surface area contributed by atoms with Crippen LogP contribution < -0.4 is 5.32 Å². The summed E-state index contributed by atoms with van der Waals surface area (Å²) in [5, 5.41) is 6.86. The summed E-state index contributed by atoms with van der Waals surface area (Å²) >= 11 is 0. The van der Waals surface area contributed by atoms with E-state index in [1.54, 1.807) is 4.90 Å². The normalized spacial score (nSPS) is 17.4. The maximum Gasteiger partial charge on any atom is 0.228 e. The Kier molecular flexibility index (Phi) is 5.58. The lowest BCUT2D eigenvalue weighted by Gasteiger charge is -2.31. The first-order valence-electron chi connectivity index (χ1n) is 9.26. The van der Waals surface area contributed by atoms with Gasteiger partial charge in [-0.05, 0) is 26.3 Å². The Bertz CT molecular complexity index is 795. The predicted molar refractivity (Wildman–Crippen MR) is 99.8 cm³/mol. The Morgan fingerprint density at radius 2 is 2.04 bits per heavy atom. The lowest BCUT2D eigenvalue weighted by Crippen LogP contribution is -2.43. The van der Waals surface area contributed by atoms with Gasteiger partial charge in [-0.1, -0.05) is 35.5 Å². The summed E-state index contributed by atoms with van der Waals surface area (Å²) in [6, 6.07) is 9.94. The molecule has 1 aromatic carbocycles. The summed E-state index contributed by atoms with van der Waals surface area (Å²) in [5.74, 6) is 0.766. The van der Waals surface area contributed by atoms with Gasteiger partial charge in [0.2, 0.25) is 17.7 Å². The first-order valence-corrected chi connectivity index (χ1v) is 9.26. The molecular formula is C20H26N4O3. The number of carbonyl (C=O) groups excluding carboxylic acids is 2. The van der Waals surface area contributed by atoms with Crippen molar-refractivity contribution < 1.29 is 14.1 Å². The molecule has 0 saturated carbocycles. The lowest BCUT2D eigenvalue weighted by atomic mass is 10.1. The highest BCUT2D eigenvalue weighted by atomic mass is 16.5. The molecule has 1 aliphatic heterocycles. The summed E-state index contributed by atoms with van der Waals surface area (Å²) in [7, 11) is 0. The van der Waals surface area contributed by atoms with Crippen LogP contribution in [0.4, 0.5) is 0 Å². The Labute approximate surface area is 159 Å². The molecule has 1 fully saturated rings. The fraction of sp³-hybridized carbons (Fsp3) is 0.500. The number of likely N-dealkylation sites (tertiary alicyclic amines) is 1. The topological polar surface area (TPSA) is 88.3 Å². The van der Waals surface area contributed by atoms with Crippen LogP contribution in [0.15, 0.2) is 34.9 Å². The van der Waals surface area contributed by atoms with Crippen LogP contribution >= 0.6 is 0 Å². The van der Waals surface area contributed by atoms with Crippen molar-refractivity contribution in [3.63, 3.8) is 0 Å². The van der Waals surface area contributed by atoms with Crippen LogP contribution in [0.1, 0.15) is 44.5 Å². The second kappa shape index (κ2) is 7.90. The highest BCUT2D eigenvalue weighted by Crippen LogP contribution is 2.25. The van der Waals surface area contributed by atoms with Crippen molar-refractivity contribution in [2.24, 2.45) is 5.92 Å². The van der Waals surface area contributed by atoms with E-state index >= 15 is 0 Å². The van der Waals surface area contributed by atoms with E-state index < -0.39 is 0 Å². The van der Waals surface area contributed by atoms with Crippen molar-refractivity contribution in [2.75, 3.05) is 13.1 Å². The lowest BCUT2D eigenvalue weighted by molar-refractivity contribution is -0.132. The zero-order chi connectivity index (χ0) is 19.4. The largest absolute Gasteiger partial charge is 0.355 e. The van der Waals surface area contributed by atoms with Crippen molar-refractivity contribution in [1.82, 2.24) is 20.4 Å². The van der Waals surface area contributed by atoms with Crippen molar-refractivity contribution in [1.29, 1.82) is 0 Å². The summed E-state index contributed by atoms with van der Waals surface area (Å²) < 4.78 is 5.25. The number of aromatic nitrogens is 2. The Balaban J connectivity index is 1.45. The van der Waals surface area contributed by atoms with E-state index in [0.717, 1.165) is 5.56 Å². The average Bonchev–Trinajstić information content (AvgIpc) is 3.22. The average molecular weight is 370 g/mol. The summed E-state index contributed by atoms with van der Waals surface area (Å²) in [6.07, 6.45) is 1.35. The molecular weight excluding hydrogens is 344 g/mol. The molecule has 27 heavy (non-hydrogen) atoms. The van der Waals surface area contributed by atoms with Gasteiger partial charge < -0.3 is 14.7 Å². The van der Waals surface area contributed by atoms with Crippen molar-refractivity contribution in [2.45, 2.75) is 45.6 Å². The minimum absolute atomic E-state index is 0.0325. The molecule has 1 saturated heterocycles. The molecule has 1 N–H and O–H groups in total. The van der Waals surface area contributed by atoms with Crippen molar-refractivity contribution >= 4 is 11.8 Å². The maximum atomic E-state index is 12.3. The third kappa shape index (κ3) is 4.93. The number of hydrogen-bond donors (Lipinski definition) is 1. The summed E-state index contributed by atoms with van der Waals surface area (Å²) in [4.78, 5) is 30.6. The third-order valence-corrected chi connectivity index (χ3v) is 4.66. The number of benzene rings is 1. The molecule has 2 heterocycles. The maximum absolute atomic E-state index is 12.3. The molecule has 2 aromatic rings. The first kappa shape index (κ1) is 19.1. The first-order chi connectivity index (χ1) is 12.8. The molecule has 1 aliphatic rings. The number of nitrogens with zero attached hydrogens (tertiary/aromatic N) is 3. The molecule has 144 valence electrons. The monoisotopic (exact) mass is 370 g/mol. The zero-order valence-corrected chi connectivity index (χ0v) is 16.1. The van der Waals surface area contributed by atoms with Gasteiger partial charge in [-0.3, -0.25) is 9.59 Å². The van der Waals surface area contributed by atoms with Crippen molar-refractivity contribution in [3.8, 4) is 0 Å². The molecule has 0 bridgehead atoms. The van der Waals surface area contributed by atoms with Crippen LogP contribution in [0.2, 0.25) is 0 Å². The standard InChI is InChI=1S/C20H26N4O3/c1-20(2,3)24-13-15(12-18(24)25)19(26)21-10-9-17-22-16(23-27-17)11-14-7-5-4-6-8-14/h4-8,15H,9-13H2,1-3H3,(H,21,26)/t15-/m0/s1. The molecule has 7 nitrogen and oxygen atoms in total. The van der Waals surface area contributed by atoms with Gasteiger partial charge in [0.15, 0.2) is 5.82 Å². The van der Waals surface area contributed by atoms with Gasteiger partial charge in [-0.25, -0.2) is 0 Å². The smallest absolute Gasteiger partial charge is 0.228 e. The predicted octanol–water partition coefficient (Wildman–Crippen LogP) is 1.97. The minimum Gasteiger partial charge on any atom is -0.355 e. The number of amides is 2. The fourth-order valence-electron chi connectivity index (χ4n) is 3.21. The zero-order valence-electron chi connectivity index (χ0n) is 16.1. The van der Waals surface area contributed by atoms with E-state index in [4.69, 9.17) is 4.52 Å². The van der Waals surface area contributed by atoms with Crippen LogP contribution in [0.25, 0.3) is 0 Å². The van der Waals surface area contributed by atoms with E-state index in [1.807, 2.05) is 51.1 Å². The molecule has 7 heteroatoms. The number of rotatable bonds is 6. The second-order valence-electron chi connectivity index (χ2n) is 7.88. The molecule has 0 spiro atoms. The Morgan fingerprint density at radius 1 is 1.30 bits per heavy atom. The molecule has 3 rings (SSSR count).